The topological polar surface area (TPSA) is 15.3 Å². The van der Waals surface area contributed by atoms with Crippen LogP contribution in [0.1, 0.15) is 71.6 Å². The third kappa shape index (κ3) is 3.76. The minimum atomic E-state index is 0.791. The van der Waals surface area contributed by atoms with Gasteiger partial charge in [-0.3, -0.25) is 4.90 Å². The number of rotatable bonds is 5. The van der Waals surface area contributed by atoms with Gasteiger partial charge in [-0.05, 0) is 63.3 Å². The number of hydrogen-bond acceptors (Lipinski definition) is 2. The van der Waals surface area contributed by atoms with Gasteiger partial charge in [-0.25, -0.2) is 0 Å². The first-order valence-corrected chi connectivity index (χ1v) is 9.23. The molecule has 116 valence electrons. The van der Waals surface area contributed by atoms with Crippen molar-refractivity contribution in [1.29, 1.82) is 0 Å². The molecule has 20 heavy (non-hydrogen) atoms. The molecule has 0 aromatic rings. The van der Waals surface area contributed by atoms with E-state index in [0.717, 1.165) is 30.0 Å². The van der Waals surface area contributed by atoms with Crippen molar-refractivity contribution < 1.29 is 0 Å². The smallest absolute Gasteiger partial charge is 0.0195 e. The molecule has 0 aromatic carbocycles. The van der Waals surface area contributed by atoms with Crippen molar-refractivity contribution in [2.24, 2.45) is 11.8 Å². The standard InChI is InChI=1S/C18H34N2/c1-14(2)15-5-3-7-17(9-8-15)20(18-10-11-18)13-16-6-4-12-19-16/h14-19H,3-13H2,1-2H3. The quantitative estimate of drug-likeness (QED) is 0.769. The summed E-state index contributed by atoms with van der Waals surface area (Å²) in [7, 11) is 0. The Balaban J connectivity index is 1.56. The summed E-state index contributed by atoms with van der Waals surface area (Å²) in [6.45, 7) is 7.43. The highest BCUT2D eigenvalue weighted by molar-refractivity contribution is 4.93. The lowest BCUT2D eigenvalue weighted by Gasteiger charge is -2.33. The maximum Gasteiger partial charge on any atom is 0.0195 e. The molecule has 3 rings (SSSR count). The van der Waals surface area contributed by atoms with Crippen LogP contribution in [0, 0.1) is 11.8 Å². The maximum atomic E-state index is 3.71. The maximum absolute atomic E-state index is 3.71. The molecule has 1 N–H and O–H groups in total. The molecular weight excluding hydrogens is 244 g/mol. The van der Waals surface area contributed by atoms with Crippen LogP contribution in [0.3, 0.4) is 0 Å². The van der Waals surface area contributed by atoms with Crippen LogP contribution in [0.4, 0.5) is 0 Å². The van der Waals surface area contributed by atoms with E-state index in [-0.39, 0.29) is 0 Å². The minimum absolute atomic E-state index is 0.791. The lowest BCUT2D eigenvalue weighted by Crippen LogP contribution is -2.44. The van der Waals surface area contributed by atoms with Crippen LogP contribution in [0.15, 0.2) is 0 Å². The summed E-state index contributed by atoms with van der Waals surface area (Å²) in [4.78, 5) is 2.92. The Bertz CT molecular complexity index is 292. The lowest BCUT2D eigenvalue weighted by atomic mass is 9.89. The minimum Gasteiger partial charge on any atom is -0.313 e. The summed E-state index contributed by atoms with van der Waals surface area (Å²) in [6.07, 6.45) is 13.1. The molecule has 1 aliphatic heterocycles. The zero-order valence-electron chi connectivity index (χ0n) is 13.6. The van der Waals surface area contributed by atoms with Gasteiger partial charge in [0.25, 0.3) is 0 Å². The average molecular weight is 278 g/mol. The van der Waals surface area contributed by atoms with E-state index in [1.165, 1.54) is 70.9 Å². The van der Waals surface area contributed by atoms with Crippen LogP contribution in [-0.4, -0.2) is 36.1 Å². The Morgan fingerprint density at radius 2 is 1.65 bits per heavy atom. The average Bonchev–Trinajstić information content (AvgIpc) is 3.19. The van der Waals surface area contributed by atoms with E-state index in [4.69, 9.17) is 0 Å². The molecule has 0 radical (unpaired) electrons. The Hall–Kier alpha value is -0.0800. The SMILES string of the molecule is CC(C)C1CCCC(N(CC2CCCN2)C2CC2)CC1. The van der Waals surface area contributed by atoms with E-state index >= 15 is 0 Å². The zero-order valence-corrected chi connectivity index (χ0v) is 13.6. The zero-order chi connectivity index (χ0) is 13.9. The van der Waals surface area contributed by atoms with Crippen molar-refractivity contribution >= 4 is 0 Å². The molecule has 0 aromatic heterocycles. The number of nitrogens with zero attached hydrogens (tertiary/aromatic N) is 1. The van der Waals surface area contributed by atoms with Gasteiger partial charge in [-0.2, -0.15) is 0 Å². The van der Waals surface area contributed by atoms with Gasteiger partial charge >= 0.3 is 0 Å². The molecule has 2 nitrogen and oxygen atoms in total. The fourth-order valence-electron chi connectivity index (χ4n) is 4.48. The fraction of sp³-hybridized carbons (Fsp3) is 1.00. The molecule has 1 saturated heterocycles. The highest BCUT2D eigenvalue weighted by Gasteiger charge is 2.36. The molecular formula is C18H34N2. The monoisotopic (exact) mass is 278 g/mol. The van der Waals surface area contributed by atoms with Gasteiger partial charge in [-0.15, -0.1) is 0 Å². The first kappa shape index (κ1) is 14.8. The van der Waals surface area contributed by atoms with Crippen molar-refractivity contribution in [1.82, 2.24) is 10.2 Å². The summed E-state index contributed by atoms with van der Waals surface area (Å²) < 4.78 is 0. The number of nitrogens with one attached hydrogen (secondary N) is 1. The first-order chi connectivity index (χ1) is 9.74. The third-order valence-corrected chi connectivity index (χ3v) is 6.00. The summed E-state index contributed by atoms with van der Waals surface area (Å²) in [5.74, 6) is 1.88. The van der Waals surface area contributed by atoms with Gasteiger partial charge < -0.3 is 5.32 Å². The molecule has 2 aliphatic carbocycles. The van der Waals surface area contributed by atoms with E-state index < -0.39 is 0 Å². The molecule has 3 unspecified atom stereocenters. The highest BCUT2D eigenvalue weighted by atomic mass is 15.2. The van der Waals surface area contributed by atoms with Crippen molar-refractivity contribution in [3.8, 4) is 0 Å². The fourth-order valence-corrected chi connectivity index (χ4v) is 4.48. The molecule has 3 atom stereocenters. The van der Waals surface area contributed by atoms with Crippen molar-refractivity contribution in [3.63, 3.8) is 0 Å². The van der Waals surface area contributed by atoms with E-state index in [1.54, 1.807) is 0 Å². The van der Waals surface area contributed by atoms with Crippen LogP contribution >= 0.6 is 0 Å². The molecule has 3 aliphatic rings. The Labute approximate surface area is 125 Å². The summed E-state index contributed by atoms with van der Waals surface area (Å²) in [5.41, 5.74) is 0. The lowest BCUT2D eigenvalue weighted by molar-refractivity contribution is 0.153. The number of hydrogen-bond donors (Lipinski definition) is 1. The molecule has 0 spiro atoms. The second kappa shape index (κ2) is 6.79. The molecule has 0 bridgehead atoms. The second-order valence-corrected chi connectivity index (χ2v) is 7.89. The van der Waals surface area contributed by atoms with Crippen LogP contribution in [0.2, 0.25) is 0 Å². The first-order valence-electron chi connectivity index (χ1n) is 9.23. The summed E-state index contributed by atoms with van der Waals surface area (Å²) in [6, 6.07) is 2.63. The van der Waals surface area contributed by atoms with E-state index in [9.17, 15) is 0 Å². The summed E-state index contributed by atoms with van der Waals surface area (Å²) in [5, 5.41) is 3.71. The van der Waals surface area contributed by atoms with Crippen LogP contribution in [0.25, 0.3) is 0 Å². The molecule has 3 fully saturated rings. The molecule has 0 amide bonds. The molecule has 1 heterocycles. The second-order valence-electron chi connectivity index (χ2n) is 7.89. The predicted molar refractivity (Wildman–Crippen MR) is 86.0 cm³/mol. The van der Waals surface area contributed by atoms with Crippen molar-refractivity contribution in [2.45, 2.75) is 89.8 Å². The van der Waals surface area contributed by atoms with Crippen molar-refractivity contribution in [2.75, 3.05) is 13.1 Å². The van der Waals surface area contributed by atoms with Crippen molar-refractivity contribution in [3.05, 3.63) is 0 Å². The summed E-state index contributed by atoms with van der Waals surface area (Å²) >= 11 is 0. The van der Waals surface area contributed by atoms with Gasteiger partial charge in [-0.1, -0.05) is 26.7 Å². The Morgan fingerprint density at radius 3 is 2.30 bits per heavy atom. The van der Waals surface area contributed by atoms with Crippen LogP contribution < -0.4 is 5.32 Å². The van der Waals surface area contributed by atoms with E-state index in [1.807, 2.05) is 0 Å². The van der Waals surface area contributed by atoms with Gasteiger partial charge in [0, 0.05) is 24.7 Å². The van der Waals surface area contributed by atoms with Crippen LogP contribution in [-0.2, 0) is 0 Å². The van der Waals surface area contributed by atoms with Gasteiger partial charge in [0.05, 0.1) is 0 Å². The molecule has 2 saturated carbocycles. The Kier molecular flexibility index (Phi) is 5.04. The normalized spacial score (nSPS) is 35.7. The third-order valence-electron chi connectivity index (χ3n) is 6.00. The van der Waals surface area contributed by atoms with E-state index in [0.29, 0.717) is 0 Å². The Morgan fingerprint density at radius 1 is 0.900 bits per heavy atom. The predicted octanol–water partition coefficient (Wildman–Crippen LogP) is 3.81. The molecule has 2 heteroatoms. The van der Waals surface area contributed by atoms with Crippen LogP contribution in [0.5, 0.6) is 0 Å². The largest absolute Gasteiger partial charge is 0.313 e. The van der Waals surface area contributed by atoms with Gasteiger partial charge in [0.15, 0.2) is 0 Å². The van der Waals surface area contributed by atoms with E-state index in [2.05, 4.69) is 24.1 Å². The van der Waals surface area contributed by atoms with Gasteiger partial charge in [0.2, 0.25) is 0 Å². The highest BCUT2D eigenvalue weighted by Crippen LogP contribution is 2.36. The van der Waals surface area contributed by atoms with Gasteiger partial charge in [0.1, 0.15) is 0 Å².